The fourth-order valence-electron chi connectivity index (χ4n) is 2.46. The predicted molar refractivity (Wildman–Crippen MR) is 83.3 cm³/mol. The molecule has 1 aromatic heterocycles. The number of benzene rings is 2. The number of carbonyl (C=O) groups excluding carboxylic acids is 1. The summed E-state index contributed by atoms with van der Waals surface area (Å²) < 4.78 is 19.9. The molecule has 2 nitrogen and oxygen atoms in total. The lowest BCUT2D eigenvalue weighted by Crippen LogP contribution is -2.00. The van der Waals surface area contributed by atoms with E-state index < -0.39 is 0 Å². The Balaban J connectivity index is 2.29. The fourth-order valence-corrected chi connectivity index (χ4v) is 3.52. The summed E-state index contributed by atoms with van der Waals surface area (Å²) in [6, 6.07) is 12.1. The molecule has 0 unspecified atom stereocenters. The summed E-state index contributed by atoms with van der Waals surface area (Å²) in [4.78, 5) is 12.7. The Morgan fingerprint density at radius 3 is 2.67 bits per heavy atom. The predicted octanol–water partition coefficient (Wildman–Crippen LogP) is 4.80. The van der Waals surface area contributed by atoms with Crippen LogP contribution in [0.2, 0.25) is 0 Å². The number of methoxy groups -OCH3 is 1. The number of ether oxygens (including phenoxy) is 1. The lowest BCUT2D eigenvalue weighted by Gasteiger charge is -2.05. The second-order valence-corrected chi connectivity index (χ2v) is 5.97. The monoisotopic (exact) mass is 300 g/mol. The smallest absolute Gasteiger partial charge is 0.337 e. The molecule has 0 fully saturated rings. The highest BCUT2D eigenvalue weighted by molar-refractivity contribution is 7.19. The second-order valence-electron chi connectivity index (χ2n) is 4.72. The number of halogens is 1. The van der Waals surface area contributed by atoms with Crippen molar-refractivity contribution in [2.75, 3.05) is 7.11 Å². The van der Waals surface area contributed by atoms with Crippen LogP contribution >= 0.6 is 11.3 Å². The summed E-state index contributed by atoms with van der Waals surface area (Å²) >= 11 is 1.59. The first kappa shape index (κ1) is 13.8. The molecule has 2 aromatic carbocycles. The average Bonchev–Trinajstić information content (AvgIpc) is 2.82. The highest BCUT2D eigenvalue weighted by Crippen LogP contribution is 2.39. The van der Waals surface area contributed by atoms with Crippen molar-refractivity contribution in [3.63, 3.8) is 0 Å². The lowest BCUT2D eigenvalue weighted by molar-refractivity contribution is 0.0601. The van der Waals surface area contributed by atoms with Crippen LogP contribution in [-0.2, 0) is 4.74 Å². The molecule has 3 rings (SSSR count). The molecule has 0 atom stereocenters. The van der Waals surface area contributed by atoms with Crippen molar-refractivity contribution < 1.29 is 13.9 Å². The van der Waals surface area contributed by atoms with Gasteiger partial charge < -0.3 is 4.74 Å². The van der Waals surface area contributed by atoms with Gasteiger partial charge in [-0.1, -0.05) is 18.2 Å². The van der Waals surface area contributed by atoms with Crippen molar-refractivity contribution in [2.45, 2.75) is 6.92 Å². The van der Waals surface area contributed by atoms with Crippen molar-refractivity contribution in [3.05, 3.63) is 58.7 Å². The molecule has 0 bridgehead atoms. The Bertz CT molecular complexity index is 836. The van der Waals surface area contributed by atoms with Gasteiger partial charge in [0.2, 0.25) is 0 Å². The van der Waals surface area contributed by atoms with E-state index in [1.165, 1.54) is 13.2 Å². The van der Waals surface area contributed by atoms with Crippen molar-refractivity contribution >= 4 is 27.4 Å². The van der Waals surface area contributed by atoms with E-state index in [0.717, 1.165) is 20.5 Å². The van der Waals surface area contributed by atoms with Crippen LogP contribution in [0.5, 0.6) is 0 Å². The Morgan fingerprint density at radius 2 is 1.95 bits per heavy atom. The molecular formula is C17H13FO2S. The molecule has 4 heteroatoms. The third kappa shape index (κ3) is 2.32. The molecule has 0 N–H and O–H groups in total. The Hall–Kier alpha value is -2.20. The number of aryl methyl sites for hydroxylation is 1. The van der Waals surface area contributed by atoms with Crippen molar-refractivity contribution in [1.29, 1.82) is 0 Å². The number of hydrogen-bond acceptors (Lipinski definition) is 3. The maximum Gasteiger partial charge on any atom is 0.337 e. The zero-order valence-corrected chi connectivity index (χ0v) is 12.5. The Labute approximate surface area is 125 Å². The van der Waals surface area contributed by atoms with Gasteiger partial charge in [-0.15, -0.1) is 11.3 Å². The maximum atomic E-state index is 14.1. The minimum absolute atomic E-state index is 0.260. The molecule has 0 amide bonds. The van der Waals surface area contributed by atoms with Crippen LogP contribution < -0.4 is 0 Å². The van der Waals surface area contributed by atoms with Crippen molar-refractivity contribution in [1.82, 2.24) is 0 Å². The minimum Gasteiger partial charge on any atom is -0.465 e. The van der Waals surface area contributed by atoms with Crippen LogP contribution in [0, 0.1) is 12.7 Å². The van der Waals surface area contributed by atoms with Gasteiger partial charge in [-0.05, 0) is 31.2 Å². The van der Waals surface area contributed by atoms with Crippen LogP contribution in [-0.4, -0.2) is 13.1 Å². The molecule has 1 heterocycles. The van der Waals surface area contributed by atoms with Gasteiger partial charge in [0.15, 0.2) is 0 Å². The van der Waals surface area contributed by atoms with Gasteiger partial charge in [0, 0.05) is 26.1 Å². The number of rotatable bonds is 2. The zero-order valence-electron chi connectivity index (χ0n) is 11.6. The largest absolute Gasteiger partial charge is 0.465 e. The number of fused-ring (bicyclic) bond motifs is 1. The standard InChI is InChI=1S/C17H13FO2S/c1-10-16(12-5-3-4-6-14(12)18)13-9-11(17(19)20-2)7-8-15(13)21-10/h3-9H,1-2H3. The molecule has 21 heavy (non-hydrogen) atoms. The third-order valence-electron chi connectivity index (χ3n) is 3.43. The summed E-state index contributed by atoms with van der Waals surface area (Å²) in [6.07, 6.45) is 0. The number of hydrogen-bond donors (Lipinski definition) is 0. The van der Waals surface area contributed by atoms with Crippen molar-refractivity contribution in [2.24, 2.45) is 0 Å². The molecular weight excluding hydrogens is 287 g/mol. The van der Waals surface area contributed by atoms with Crippen LogP contribution in [0.1, 0.15) is 15.2 Å². The first-order chi connectivity index (χ1) is 10.1. The highest BCUT2D eigenvalue weighted by atomic mass is 32.1. The second kappa shape index (κ2) is 5.30. The molecule has 0 saturated carbocycles. The first-order valence-corrected chi connectivity index (χ1v) is 7.30. The summed E-state index contributed by atoms with van der Waals surface area (Å²) in [5.41, 5.74) is 1.88. The number of thiophene rings is 1. The maximum absolute atomic E-state index is 14.1. The van der Waals surface area contributed by atoms with Gasteiger partial charge in [-0.25, -0.2) is 9.18 Å². The normalized spacial score (nSPS) is 10.8. The minimum atomic E-state index is -0.389. The number of esters is 1. The quantitative estimate of drug-likeness (QED) is 0.635. The highest BCUT2D eigenvalue weighted by Gasteiger charge is 2.16. The molecule has 106 valence electrons. The Kier molecular flexibility index (Phi) is 3.47. The third-order valence-corrected chi connectivity index (χ3v) is 4.51. The van der Waals surface area contributed by atoms with Gasteiger partial charge in [0.25, 0.3) is 0 Å². The van der Waals surface area contributed by atoms with E-state index in [9.17, 15) is 9.18 Å². The van der Waals surface area contributed by atoms with Crippen LogP contribution in [0.25, 0.3) is 21.2 Å². The van der Waals surface area contributed by atoms with E-state index in [-0.39, 0.29) is 11.8 Å². The molecule has 0 spiro atoms. The zero-order chi connectivity index (χ0) is 15.0. The topological polar surface area (TPSA) is 26.3 Å². The molecule has 0 aliphatic heterocycles. The summed E-state index contributed by atoms with van der Waals surface area (Å²) in [7, 11) is 1.35. The van der Waals surface area contributed by atoms with E-state index in [1.807, 2.05) is 19.1 Å². The summed E-state index contributed by atoms with van der Waals surface area (Å²) in [6.45, 7) is 1.96. The lowest BCUT2D eigenvalue weighted by atomic mass is 10.0. The SMILES string of the molecule is COC(=O)c1ccc2sc(C)c(-c3ccccc3F)c2c1. The molecule has 0 saturated heterocycles. The van der Waals surface area contributed by atoms with E-state index in [2.05, 4.69) is 0 Å². The van der Waals surface area contributed by atoms with Gasteiger partial charge in [0.1, 0.15) is 5.82 Å². The summed E-state index contributed by atoms with van der Waals surface area (Å²) in [5.74, 6) is -0.649. The fraction of sp³-hybridized carbons (Fsp3) is 0.118. The van der Waals surface area contributed by atoms with Crippen molar-refractivity contribution in [3.8, 4) is 11.1 Å². The molecule has 0 aliphatic carbocycles. The van der Waals surface area contributed by atoms with E-state index in [0.29, 0.717) is 11.1 Å². The van der Waals surface area contributed by atoms with Crippen LogP contribution in [0.3, 0.4) is 0 Å². The van der Waals surface area contributed by atoms with Crippen LogP contribution in [0.4, 0.5) is 4.39 Å². The van der Waals surface area contributed by atoms with Crippen LogP contribution in [0.15, 0.2) is 42.5 Å². The van der Waals surface area contributed by atoms with Gasteiger partial charge in [-0.3, -0.25) is 0 Å². The van der Waals surface area contributed by atoms with Gasteiger partial charge >= 0.3 is 5.97 Å². The first-order valence-electron chi connectivity index (χ1n) is 6.48. The van der Waals surface area contributed by atoms with Gasteiger partial charge in [-0.2, -0.15) is 0 Å². The average molecular weight is 300 g/mol. The van der Waals surface area contributed by atoms with E-state index in [1.54, 1.807) is 35.6 Å². The summed E-state index contributed by atoms with van der Waals surface area (Å²) in [5, 5.41) is 0.880. The molecule has 0 radical (unpaired) electrons. The molecule has 0 aliphatic rings. The molecule has 3 aromatic rings. The number of carbonyl (C=O) groups is 1. The van der Waals surface area contributed by atoms with E-state index >= 15 is 0 Å². The van der Waals surface area contributed by atoms with E-state index in [4.69, 9.17) is 4.74 Å². The van der Waals surface area contributed by atoms with Gasteiger partial charge in [0.05, 0.1) is 12.7 Å². The Morgan fingerprint density at radius 1 is 1.19 bits per heavy atom.